The fraction of sp³-hybridized carbons (Fsp3) is 0.407. The van der Waals surface area contributed by atoms with Gasteiger partial charge in [0.1, 0.15) is 5.60 Å². The van der Waals surface area contributed by atoms with Gasteiger partial charge in [0.25, 0.3) is 0 Å². The number of amides is 1. The van der Waals surface area contributed by atoms with E-state index in [1.54, 1.807) is 11.0 Å². The van der Waals surface area contributed by atoms with E-state index in [9.17, 15) is 15.3 Å². The first-order valence-electron chi connectivity index (χ1n) is 10.9. The lowest BCUT2D eigenvalue weighted by molar-refractivity contribution is 0.0133. The van der Waals surface area contributed by atoms with Crippen molar-refractivity contribution in [3.8, 4) is 12.1 Å². The first-order valence-corrected chi connectivity index (χ1v) is 10.9. The number of carbonyl (C=O) groups excluding carboxylic acids is 1. The van der Waals surface area contributed by atoms with E-state index >= 15 is 0 Å². The van der Waals surface area contributed by atoms with Crippen LogP contribution in [0.3, 0.4) is 0 Å². The molecule has 2 aliphatic rings. The molecular weight excluding hydrogens is 398 g/mol. The van der Waals surface area contributed by atoms with Gasteiger partial charge in [0.15, 0.2) is 5.41 Å². The molecule has 0 aromatic heterocycles. The van der Waals surface area contributed by atoms with Crippen molar-refractivity contribution in [3.05, 3.63) is 72.0 Å². The fourth-order valence-corrected chi connectivity index (χ4v) is 4.55. The number of allylic oxidation sites excluding steroid dienone is 1. The molecule has 1 fully saturated rings. The average molecular weight is 428 g/mol. The summed E-state index contributed by atoms with van der Waals surface area (Å²) in [5.74, 6) is -0.316. The molecule has 2 bridgehead atoms. The van der Waals surface area contributed by atoms with Crippen molar-refractivity contribution in [1.82, 2.24) is 4.90 Å². The van der Waals surface area contributed by atoms with Crippen LogP contribution in [0, 0.1) is 34.0 Å². The highest BCUT2D eigenvalue weighted by Gasteiger charge is 2.51. The number of hydrogen-bond donors (Lipinski definition) is 0. The van der Waals surface area contributed by atoms with Crippen LogP contribution in [-0.2, 0) is 4.74 Å². The van der Waals surface area contributed by atoms with E-state index in [0.29, 0.717) is 0 Å². The second-order valence-electron chi connectivity index (χ2n) is 9.26. The molecule has 32 heavy (non-hydrogen) atoms. The lowest BCUT2D eigenvalue weighted by atomic mass is 9.70. The van der Waals surface area contributed by atoms with Crippen LogP contribution in [0.15, 0.2) is 66.4 Å². The molecule has 1 saturated heterocycles. The van der Waals surface area contributed by atoms with Gasteiger partial charge in [0.05, 0.1) is 18.2 Å². The van der Waals surface area contributed by atoms with Crippen molar-refractivity contribution < 1.29 is 9.53 Å². The molecule has 1 aromatic rings. The average Bonchev–Trinajstić information content (AvgIpc) is 3.09. The first-order chi connectivity index (χ1) is 15.2. The minimum atomic E-state index is -1.33. The maximum absolute atomic E-state index is 12.9. The number of fused-ring (bicyclic) bond motifs is 2. The summed E-state index contributed by atoms with van der Waals surface area (Å²) in [6, 6.07) is 13.9. The molecule has 2 aliphatic heterocycles. The lowest BCUT2D eigenvalue weighted by Gasteiger charge is -2.41. The van der Waals surface area contributed by atoms with Gasteiger partial charge in [-0.2, -0.15) is 10.5 Å². The Hall–Kier alpha value is -3.53. The second-order valence-corrected chi connectivity index (χ2v) is 9.26. The Kier molecular flexibility index (Phi) is 6.73. The third kappa shape index (κ3) is 4.70. The van der Waals surface area contributed by atoms with E-state index < -0.39 is 11.0 Å². The SMILES string of the molecule is C=C=C[C@@H]1C(C(C#N)(C#N)C/C=C/c2ccccc2)=CC2CCC1N2C(=O)OC(C)(C)C. The summed E-state index contributed by atoms with van der Waals surface area (Å²) in [6.07, 6.45) is 8.92. The van der Waals surface area contributed by atoms with Crippen LogP contribution in [0.1, 0.15) is 45.6 Å². The van der Waals surface area contributed by atoms with E-state index in [1.165, 1.54) is 0 Å². The molecule has 5 nitrogen and oxygen atoms in total. The van der Waals surface area contributed by atoms with Gasteiger partial charge >= 0.3 is 6.09 Å². The highest BCUT2D eigenvalue weighted by Crippen LogP contribution is 2.47. The van der Waals surface area contributed by atoms with E-state index in [-0.39, 0.29) is 30.5 Å². The third-order valence-corrected chi connectivity index (χ3v) is 5.93. The smallest absolute Gasteiger partial charge is 0.411 e. The molecule has 0 aliphatic carbocycles. The molecule has 0 N–H and O–H groups in total. The monoisotopic (exact) mass is 427 g/mol. The number of carbonyl (C=O) groups is 1. The molecule has 0 radical (unpaired) electrons. The lowest BCUT2D eigenvalue weighted by Crippen LogP contribution is -2.50. The van der Waals surface area contributed by atoms with Gasteiger partial charge in [-0.1, -0.05) is 55.1 Å². The number of ether oxygens (including phenoxy) is 1. The van der Waals surface area contributed by atoms with Gasteiger partial charge in [-0.3, -0.25) is 4.90 Å². The van der Waals surface area contributed by atoms with Crippen molar-refractivity contribution in [2.45, 2.75) is 57.7 Å². The standard InChI is InChI=1S/C27H29N3O2/c1-5-10-22-23(17-21-14-15-24(22)30(21)25(31)32-26(2,3)4)27(18-28,19-29)16-9-13-20-11-7-6-8-12-20/h6-13,17,21-22,24H,1,14-16H2,2-4H3/b13-9+/t21?,22-,24?/m1/s1. The van der Waals surface area contributed by atoms with Crippen LogP contribution in [0.2, 0.25) is 0 Å². The molecule has 164 valence electrons. The first kappa shape index (κ1) is 23.1. The summed E-state index contributed by atoms with van der Waals surface area (Å²) >= 11 is 0. The van der Waals surface area contributed by atoms with Crippen molar-refractivity contribution >= 4 is 12.2 Å². The van der Waals surface area contributed by atoms with Crippen LogP contribution in [0.5, 0.6) is 0 Å². The molecular formula is C27H29N3O2. The molecule has 3 rings (SSSR count). The number of nitrogens with zero attached hydrogens (tertiary/aromatic N) is 3. The van der Waals surface area contributed by atoms with E-state index in [1.807, 2.05) is 69.3 Å². The van der Waals surface area contributed by atoms with Crippen LogP contribution in [-0.4, -0.2) is 28.7 Å². The summed E-state index contributed by atoms with van der Waals surface area (Å²) in [6.45, 7) is 9.24. The van der Waals surface area contributed by atoms with Crippen LogP contribution in [0.25, 0.3) is 6.08 Å². The van der Waals surface area contributed by atoms with Crippen molar-refractivity contribution in [2.24, 2.45) is 11.3 Å². The Morgan fingerprint density at radius 1 is 1.22 bits per heavy atom. The normalized spacial score (nSPS) is 22.5. The molecule has 1 aromatic carbocycles. The molecule has 2 heterocycles. The zero-order chi connectivity index (χ0) is 23.4. The topological polar surface area (TPSA) is 77.1 Å². The molecule has 5 heteroatoms. The zero-order valence-electron chi connectivity index (χ0n) is 18.9. The number of hydrogen-bond acceptors (Lipinski definition) is 4. The minimum Gasteiger partial charge on any atom is -0.444 e. The fourth-order valence-electron chi connectivity index (χ4n) is 4.55. The quantitative estimate of drug-likeness (QED) is 0.440. The summed E-state index contributed by atoms with van der Waals surface area (Å²) in [5, 5.41) is 20.3. The van der Waals surface area contributed by atoms with Crippen molar-refractivity contribution in [3.63, 3.8) is 0 Å². The van der Waals surface area contributed by atoms with E-state index in [0.717, 1.165) is 24.0 Å². The molecule has 3 atom stereocenters. The summed E-state index contributed by atoms with van der Waals surface area (Å²) in [7, 11) is 0. The number of benzene rings is 1. The largest absolute Gasteiger partial charge is 0.444 e. The van der Waals surface area contributed by atoms with Crippen molar-refractivity contribution in [1.29, 1.82) is 10.5 Å². The summed E-state index contributed by atoms with van der Waals surface area (Å²) in [5.41, 5.74) is 2.63. The van der Waals surface area contributed by atoms with E-state index in [4.69, 9.17) is 4.74 Å². The third-order valence-electron chi connectivity index (χ3n) is 5.93. The maximum Gasteiger partial charge on any atom is 0.411 e. The van der Waals surface area contributed by atoms with Crippen molar-refractivity contribution in [2.75, 3.05) is 0 Å². The Morgan fingerprint density at radius 2 is 1.91 bits per heavy atom. The Bertz CT molecular complexity index is 1030. The number of nitriles is 2. The molecule has 1 amide bonds. The predicted octanol–water partition coefficient (Wildman–Crippen LogP) is 5.79. The number of rotatable bonds is 5. The van der Waals surface area contributed by atoms with E-state index in [2.05, 4.69) is 24.4 Å². The van der Waals surface area contributed by atoms with Gasteiger partial charge in [0.2, 0.25) is 0 Å². The Morgan fingerprint density at radius 3 is 2.50 bits per heavy atom. The molecule has 0 saturated carbocycles. The minimum absolute atomic E-state index is 0.191. The molecule has 0 spiro atoms. The highest BCUT2D eigenvalue weighted by atomic mass is 16.6. The summed E-state index contributed by atoms with van der Waals surface area (Å²) < 4.78 is 5.64. The Labute approximate surface area is 190 Å². The van der Waals surface area contributed by atoms with Gasteiger partial charge in [0, 0.05) is 18.4 Å². The highest BCUT2D eigenvalue weighted by molar-refractivity contribution is 5.71. The molecule has 2 unspecified atom stereocenters. The van der Waals surface area contributed by atoms with Gasteiger partial charge in [-0.25, -0.2) is 4.79 Å². The second kappa shape index (κ2) is 9.31. The maximum atomic E-state index is 12.9. The van der Waals surface area contributed by atoms with Crippen LogP contribution < -0.4 is 0 Å². The van der Waals surface area contributed by atoms with Crippen LogP contribution >= 0.6 is 0 Å². The predicted molar refractivity (Wildman–Crippen MR) is 124 cm³/mol. The van der Waals surface area contributed by atoms with Gasteiger partial charge in [-0.05, 0) is 50.8 Å². The van der Waals surface area contributed by atoms with Gasteiger partial charge in [-0.15, -0.1) is 5.73 Å². The summed E-state index contributed by atoms with van der Waals surface area (Å²) in [4.78, 5) is 14.7. The Balaban J connectivity index is 1.96. The zero-order valence-corrected chi connectivity index (χ0v) is 18.9. The van der Waals surface area contributed by atoms with Gasteiger partial charge < -0.3 is 4.74 Å². The van der Waals surface area contributed by atoms with Crippen LogP contribution in [0.4, 0.5) is 4.79 Å².